The molecule has 1 nitrogen and oxygen atoms in total. The van der Waals surface area contributed by atoms with Crippen LogP contribution in [-0.4, -0.2) is 5.11 Å². The zero-order chi connectivity index (χ0) is 9.97. The van der Waals surface area contributed by atoms with Gasteiger partial charge in [0.15, 0.2) is 0 Å². The fourth-order valence-corrected chi connectivity index (χ4v) is 2.22. The lowest BCUT2D eigenvalue weighted by Crippen LogP contribution is -2.04. The Hall–Kier alpha value is -0.980. The Kier molecular flexibility index (Phi) is 2.76. The molecule has 0 spiro atoms. The van der Waals surface area contributed by atoms with E-state index in [4.69, 9.17) is 0 Å². The van der Waals surface area contributed by atoms with E-state index < -0.39 is 0 Å². The summed E-state index contributed by atoms with van der Waals surface area (Å²) in [5, 5.41) is 9.61. The summed E-state index contributed by atoms with van der Waals surface area (Å²) >= 11 is 0. The van der Waals surface area contributed by atoms with E-state index in [1.165, 1.54) is 37.7 Å². The molecule has 1 heteroatoms. The van der Waals surface area contributed by atoms with Crippen LogP contribution in [0.25, 0.3) is 0 Å². The van der Waals surface area contributed by atoms with Crippen molar-refractivity contribution in [3.8, 4) is 5.75 Å². The van der Waals surface area contributed by atoms with Gasteiger partial charge in [-0.25, -0.2) is 0 Å². The largest absolute Gasteiger partial charge is 0.508 e. The average Bonchev–Trinajstić information content (AvgIpc) is 2.23. The summed E-state index contributed by atoms with van der Waals surface area (Å²) in [7, 11) is 0. The molecule has 14 heavy (non-hydrogen) atoms. The third-order valence-electron chi connectivity index (χ3n) is 3.20. The summed E-state index contributed by atoms with van der Waals surface area (Å²) < 4.78 is 0. The Morgan fingerprint density at radius 2 is 2.00 bits per heavy atom. The lowest BCUT2D eigenvalue weighted by Gasteiger charge is -2.21. The van der Waals surface area contributed by atoms with Crippen LogP contribution in [0.5, 0.6) is 5.75 Å². The molecule has 1 aliphatic rings. The van der Waals surface area contributed by atoms with Gasteiger partial charge < -0.3 is 5.11 Å². The molecule has 2 rings (SSSR count). The quantitative estimate of drug-likeness (QED) is 0.716. The first-order valence-electron chi connectivity index (χ1n) is 5.48. The Morgan fingerprint density at radius 1 is 1.29 bits per heavy atom. The van der Waals surface area contributed by atoms with Crippen molar-refractivity contribution in [2.24, 2.45) is 0 Å². The smallest absolute Gasteiger partial charge is 0.118 e. The second-order valence-corrected chi connectivity index (χ2v) is 4.29. The van der Waals surface area contributed by atoms with E-state index in [2.05, 4.69) is 6.07 Å². The second kappa shape index (κ2) is 4.04. The first kappa shape index (κ1) is 9.57. The summed E-state index contributed by atoms with van der Waals surface area (Å²) in [5.74, 6) is 1.06. The van der Waals surface area contributed by atoms with Crippen molar-refractivity contribution in [3.05, 3.63) is 29.3 Å². The molecule has 0 aliphatic heterocycles. The predicted octanol–water partition coefficient (Wildman–Crippen LogP) is 3.55. The Bertz CT molecular complexity index is 311. The SMILES string of the molecule is Cc1c[c]c(C2CCCCC2)cc1O. The maximum Gasteiger partial charge on any atom is 0.118 e. The van der Waals surface area contributed by atoms with Crippen LogP contribution in [0.15, 0.2) is 12.1 Å². The lowest BCUT2D eigenvalue weighted by atomic mass is 9.84. The number of hydrogen-bond acceptors (Lipinski definition) is 1. The maximum atomic E-state index is 9.61. The van der Waals surface area contributed by atoms with Gasteiger partial charge in [0.05, 0.1) is 0 Å². The number of aromatic hydroxyl groups is 1. The highest BCUT2D eigenvalue weighted by Gasteiger charge is 2.16. The minimum Gasteiger partial charge on any atom is -0.508 e. The zero-order valence-corrected chi connectivity index (χ0v) is 8.71. The number of rotatable bonds is 1. The molecule has 1 saturated carbocycles. The van der Waals surface area contributed by atoms with Crippen LogP contribution in [0.3, 0.4) is 0 Å². The Morgan fingerprint density at radius 3 is 2.64 bits per heavy atom. The van der Waals surface area contributed by atoms with Crippen LogP contribution < -0.4 is 0 Å². The van der Waals surface area contributed by atoms with E-state index in [0.29, 0.717) is 11.7 Å². The van der Waals surface area contributed by atoms with Crippen LogP contribution >= 0.6 is 0 Å². The van der Waals surface area contributed by atoms with Gasteiger partial charge in [0.1, 0.15) is 5.75 Å². The van der Waals surface area contributed by atoms with Crippen molar-refractivity contribution in [2.75, 3.05) is 0 Å². The van der Waals surface area contributed by atoms with Gasteiger partial charge in [0.2, 0.25) is 0 Å². The Balaban J connectivity index is 2.18. The Labute approximate surface area is 85.8 Å². The molecular weight excluding hydrogens is 172 g/mol. The van der Waals surface area contributed by atoms with Crippen LogP contribution in [0, 0.1) is 13.0 Å². The molecule has 1 aromatic rings. The van der Waals surface area contributed by atoms with E-state index in [-0.39, 0.29) is 0 Å². The minimum absolute atomic E-state index is 0.421. The van der Waals surface area contributed by atoms with Crippen molar-refractivity contribution in [3.63, 3.8) is 0 Å². The van der Waals surface area contributed by atoms with E-state index in [1.54, 1.807) is 0 Å². The minimum atomic E-state index is 0.421. The first-order valence-corrected chi connectivity index (χ1v) is 5.48. The van der Waals surface area contributed by atoms with Crippen LogP contribution in [0.1, 0.15) is 49.1 Å². The molecule has 1 aliphatic carbocycles. The van der Waals surface area contributed by atoms with Gasteiger partial charge in [0.25, 0.3) is 0 Å². The summed E-state index contributed by atoms with van der Waals surface area (Å²) in [6, 6.07) is 7.08. The summed E-state index contributed by atoms with van der Waals surface area (Å²) in [5.41, 5.74) is 2.12. The van der Waals surface area contributed by atoms with Gasteiger partial charge in [-0.1, -0.05) is 19.3 Å². The third-order valence-corrected chi connectivity index (χ3v) is 3.20. The molecule has 0 saturated heterocycles. The standard InChI is InChI=1S/C13H17O/c1-10-7-8-12(9-13(10)14)11-5-3-2-4-6-11/h7,9,11,14H,2-6H2,1H3. The fraction of sp³-hybridized carbons (Fsp3) is 0.538. The summed E-state index contributed by atoms with van der Waals surface area (Å²) in [4.78, 5) is 0. The topological polar surface area (TPSA) is 20.2 Å². The number of phenolic OH excluding ortho intramolecular Hbond substituents is 1. The monoisotopic (exact) mass is 189 g/mol. The molecular formula is C13H17O. The van der Waals surface area contributed by atoms with Crippen LogP contribution in [0.2, 0.25) is 0 Å². The molecule has 0 unspecified atom stereocenters. The normalized spacial score (nSPS) is 18.4. The van der Waals surface area contributed by atoms with Crippen molar-refractivity contribution in [1.82, 2.24) is 0 Å². The second-order valence-electron chi connectivity index (χ2n) is 4.29. The molecule has 1 radical (unpaired) electrons. The van der Waals surface area contributed by atoms with E-state index >= 15 is 0 Å². The molecule has 1 aromatic carbocycles. The lowest BCUT2D eigenvalue weighted by molar-refractivity contribution is 0.437. The van der Waals surface area contributed by atoms with Crippen molar-refractivity contribution in [1.29, 1.82) is 0 Å². The first-order chi connectivity index (χ1) is 6.77. The molecule has 75 valence electrons. The maximum absolute atomic E-state index is 9.61. The predicted molar refractivity (Wildman–Crippen MR) is 57.5 cm³/mol. The summed E-state index contributed by atoms with van der Waals surface area (Å²) in [6.07, 6.45) is 6.55. The number of phenols is 1. The van der Waals surface area contributed by atoms with Crippen molar-refractivity contribution < 1.29 is 5.11 Å². The highest BCUT2D eigenvalue weighted by atomic mass is 16.3. The van der Waals surface area contributed by atoms with E-state index in [1.807, 2.05) is 19.1 Å². The highest BCUT2D eigenvalue weighted by molar-refractivity contribution is 5.36. The zero-order valence-electron chi connectivity index (χ0n) is 8.71. The molecule has 1 fully saturated rings. The van der Waals surface area contributed by atoms with Crippen LogP contribution in [0.4, 0.5) is 0 Å². The van der Waals surface area contributed by atoms with Gasteiger partial charge in [-0.05, 0) is 55.0 Å². The van der Waals surface area contributed by atoms with Gasteiger partial charge in [-0.15, -0.1) is 0 Å². The van der Waals surface area contributed by atoms with E-state index in [9.17, 15) is 5.11 Å². The average molecular weight is 189 g/mol. The molecule has 0 amide bonds. The van der Waals surface area contributed by atoms with Gasteiger partial charge >= 0.3 is 0 Å². The van der Waals surface area contributed by atoms with Gasteiger partial charge in [-0.2, -0.15) is 0 Å². The number of hydrogen-bond donors (Lipinski definition) is 1. The third kappa shape index (κ3) is 1.92. The fourth-order valence-electron chi connectivity index (χ4n) is 2.22. The number of benzene rings is 1. The molecule has 0 bridgehead atoms. The molecule has 1 N–H and O–H groups in total. The van der Waals surface area contributed by atoms with Gasteiger partial charge in [-0.3, -0.25) is 0 Å². The van der Waals surface area contributed by atoms with E-state index in [0.717, 1.165) is 5.56 Å². The van der Waals surface area contributed by atoms with Crippen molar-refractivity contribution >= 4 is 0 Å². The van der Waals surface area contributed by atoms with Crippen LogP contribution in [-0.2, 0) is 0 Å². The molecule has 0 aromatic heterocycles. The van der Waals surface area contributed by atoms with Crippen molar-refractivity contribution in [2.45, 2.75) is 44.9 Å². The highest BCUT2D eigenvalue weighted by Crippen LogP contribution is 2.34. The number of aryl methyl sites for hydroxylation is 1. The molecule has 0 atom stereocenters. The summed E-state index contributed by atoms with van der Waals surface area (Å²) in [6.45, 7) is 1.91. The van der Waals surface area contributed by atoms with Gasteiger partial charge in [0, 0.05) is 0 Å². The molecule has 0 heterocycles.